The molecule has 0 spiro atoms. The average molecular weight is 274 g/mol. The summed E-state index contributed by atoms with van der Waals surface area (Å²) >= 11 is 1.70. The SMILES string of the molecule is Cn1ncc2c(N)nc(NCCc3ccsc3)nc21. The van der Waals surface area contributed by atoms with E-state index in [0.29, 0.717) is 11.8 Å². The molecular formula is C12H14N6S. The molecule has 0 aromatic carbocycles. The lowest BCUT2D eigenvalue weighted by Crippen LogP contribution is -2.09. The Morgan fingerprint density at radius 1 is 1.42 bits per heavy atom. The van der Waals surface area contributed by atoms with E-state index in [1.54, 1.807) is 22.2 Å². The zero-order valence-electron chi connectivity index (χ0n) is 10.5. The van der Waals surface area contributed by atoms with E-state index in [9.17, 15) is 0 Å². The highest BCUT2D eigenvalue weighted by molar-refractivity contribution is 7.07. The van der Waals surface area contributed by atoms with E-state index in [-0.39, 0.29) is 0 Å². The fourth-order valence-electron chi connectivity index (χ4n) is 1.88. The third-order valence-corrected chi connectivity index (χ3v) is 3.63. The van der Waals surface area contributed by atoms with Crippen LogP contribution in [0.15, 0.2) is 23.0 Å². The van der Waals surface area contributed by atoms with Gasteiger partial charge in [0.05, 0.1) is 11.6 Å². The second kappa shape index (κ2) is 4.85. The van der Waals surface area contributed by atoms with Crippen LogP contribution in [0.2, 0.25) is 0 Å². The molecule has 0 aliphatic heterocycles. The predicted molar refractivity (Wildman–Crippen MR) is 77.2 cm³/mol. The van der Waals surface area contributed by atoms with E-state index >= 15 is 0 Å². The maximum Gasteiger partial charge on any atom is 0.226 e. The molecule has 0 fully saturated rings. The number of rotatable bonds is 4. The van der Waals surface area contributed by atoms with Crippen LogP contribution in [0.25, 0.3) is 11.0 Å². The predicted octanol–water partition coefficient (Wildman–Crippen LogP) is 1.66. The quantitative estimate of drug-likeness (QED) is 0.756. The first-order valence-corrected chi connectivity index (χ1v) is 6.88. The number of nitrogens with zero attached hydrogens (tertiary/aromatic N) is 4. The number of thiophene rings is 1. The first kappa shape index (κ1) is 11.9. The maximum atomic E-state index is 5.89. The Bertz CT molecular complexity index is 688. The average Bonchev–Trinajstić information content (AvgIpc) is 3.01. The van der Waals surface area contributed by atoms with Gasteiger partial charge in [0.15, 0.2) is 5.65 Å². The molecule has 0 saturated heterocycles. The van der Waals surface area contributed by atoms with Crippen LogP contribution >= 0.6 is 11.3 Å². The van der Waals surface area contributed by atoms with Crippen molar-refractivity contribution in [3.8, 4) is 0 Å². The number of nitrogens with two attached hydrogens (primary N) is 1. The highest BCUT2D eigenvalue weighted by atomic mass is 32.1. The van der Waals surface area contributed by atoms with Crippen LogP contribution in [0.3, 0.4) is 0 Å². The van der Waals surface area contributed by atoms with E-state index in [2.05, 4.69) is 37.2 Å². The molecule has 3 rings (SSSR count). The van der Waals surface area contributed by atoms with Gasteiger partial charge in [0.25, 0.3) is 0 Å². The van der Waals surface area contributed by atoms with Crippen LogP contribution in [0.1, 0.15) is 5.56 Å². The number of nitrogen functional groups attached to an aromatic ring is 1. The van der Waals surface area contributed by atoms with E-state index < -0.39 is 0 Å². The molecular weight excluding hydrogens is 260 g/mol. The van der Waals surface area contributed by atoms with Crippen molar-refractivity contribution in [1.29, 1.82) is 0 Å². The van der Waals surface area contributed by atoms with Crippen molar-refractivity contribution >= 4 is 34.1 Å². The van der Waals surface area contributed by atoms with Gasteiger partial charge < -0.3 is 11.1 Å². The molecule has 19 heavy (non-hydrogen) atoms. The molecule has 3 aromatic heterocycles. The molecule has 6 nitrogen and oxygen atoms in total. The number of fused-ring (bicyclic) bond motifs is 1. The molecule has 3 N–H and O–H groups in total. The number of hydrogen-bond donors (Lipinski definition) is 2. The van der Waals surface area contributed by atoms with Crippen LogP contribution in [-0.4, -0.2) is 26.3 Å². The Balaban J connectivity index is 1.75. The minimum atomic E-state index is 0.455. The third-order valence-electron chi connectivity index (χ3n) is 2.90. The molecule has 0 saturated carbocycles. The van der Waals surface area contributed by atoms with Gasteiger partial charge in [-0.15, -0.1) is 0 Å². The first-order chi connectivity index (χ1) is 9.24. The molecule has 0 amide bonds. The molecule has 0 atom stereocenters. The summed E-state index contributed by atoms with van der Waals surface area (Å²) in [7, 11) is 1.84. The van der Waals surface area contributed by atoms with Crippen molar-refractivity contribution < 1.29 is 0 Å². The van der Waals surface area contributed by atoms with Crippen molar-refractivity contribution in [2.75, 3.05) is 17.6 Å². The summed E-state index contributed by atoms with van der Waals surface area (Å²) in [4.78, 5) is 8.65. The standard InChI is InChI=1S/C12H14N6S/c1-18-11-9(6-15-18)10(13)16-12(17-11)14-4-2-8-3-5-19-7-8/h3,5-7H,2,4H2,1H3,(H3,13,14,16,17). The number of aryl methyl sites for hydroxylation is 1. The summed E-state index contributed by atoms with van der Waals surface area (Å²) in [6.07, 6.45) is 2.62. The van der Waals surface area contributed by atoms with Crippen LogP contribution in [0.5, 0.6) is 0 Å². The summed E-state index contributed by atoms with van der Waals surface area (Å²) in [5, 5.41) is 12.3. The molecule has 7 heteroatoms. The number of nitrogens with one attached hydrogen (secondary N) is 1. The van der Waals surface area contributed by atoms with Gasteiger partial charge >= 0.3 is 0 Å². The first-order valence-electron chi connectivity index (χ1n) is 5.94. The largest absolute Gasteiger partial charge is 0.383 e. The number of aromatic nitrogens is 4. The zero-order valence-corrected chi connectivity index (χ0v) is 11.3. The van der Waals surface area contributed by atoms with Gasteiger partial charge in [0.2, 0.25) is 5.95 Å². The Kier molecular flexibility index (Phi) is 3.04. The molecule has 3 aromatic rings. The summed E-state index contributed by atoms with van der Waals surface area (Å²) in [5.74, 6) is 1.000. The molecule has 98 valence electrons. The molecule has 0 radical (unpaired) electrons. The highest BCUT2D eigenvalue weighted by Crippen LogP contribution is 2.18. The second-order valence-electron chi connectivity index (χ2n) is 4.25. The van der Waals surface area contributed by atoms with Crippen LogP contribution in [0, 0.1) is 0 Å². The minimum absolute atomic E-state index is 0.455. The number of anilines is 2. The Morgan fingerprint density at radius 3 is 3.11 bits per heavy atom. The van der Waals surface area contributed by atoms with Gasteiger partial charge in [-0.05, 0) is 28.8 Å². The fraction of sp³-hybridized carbons (Fsp3) is 0.250. The lowest BCUT2D eigenvalue weighted by atomic mass is 10.2. The Hall–Kier alpha value is -2.15. The summed E-state index contributed by atoms with van der Waals surface area (Å²) < 4.78 is 1.69. The van der Waals surface area contributed by atoms with Gasteiger partial charge in [-0.1, -0.05) is 0 Å². The minimum Gasteiger partial charge on any atom is -0.383 e. The van der Waals surface area contributed by atoms with Crippen molar-refractivity contribution in [3.05, 3.63) is 28.6 Å². The van der Waals surface area contributed by atoms with Crippen molar-refractivity contribution in [1.82, 2.24) is 19.7 Å². The third kappa shape index (κ3) is 2.37. The summed E-state index contributed by atoms with van der Waals surface area (Å²) in [6.45, 7) is 0.777. The zero-order chi connectivity index (χ0) is 13.2. The lowest BCUT2D eigenvalue weighted by molar-refractivity contribution is 0.785. The van der Waals surface area contributed by atoms with E-state index in [0.717, 1.165) is 24.0 Å². The molecule has 3 heterocycles. The van der Waals surface area contributed by atoms with Crippen molar-refractivity contribution in [2.45, 2.75) is 6.42 Å². The Morgan fingerprint density at radius 2 is 2.32 bits per heavy atom. The van der Waals surface area contributed by atoms with Crippen LogP contribution in [-0.2, 0) is 13.5 Å². The van der Waals surface area contributed by atoms with E-state index in [1.165, 1.54) is 5.56 Å². The van der Waals surface area contributed by atoms with Gasteiger partial charge in [-0.25, -0.2) is 0 Å². The molecule has 0 bridgehead atoms. The molecule has 0 aliphatic rings. The van der Waals surface area contributed by atoms with Crippen molar-refractivity contribution in [3.63, 3.8) is 0 Å². The molecule has 0 unspecified atom stereocenters. The maximum absolute atomic E-state index is 5.89. The summed E-state index contributed by atoms with van der Waals surface area (Å²) in [5.41, 5.74) is 7.95. The molecule has 0 aliphatic carbocycles. The van der Waals surface area contributed by atoms with Gasteiger partial charge in [0, 0.05) is 13.6 Å². The van der Waals surface area contributed by atoms with Gasteiger partial charge in [-0.3, -0.25) is 4.68 Å². The monoisotopic (exact) mass is 274 g/mol. The highest BCUT2D eigenvalue weighted by Gasteiger charge is 2.08. The van der Waals surface area contributed by atoms with E-state index in [4.69, 9.17) is 5.73 Å². The van der Waals surface area contributed by atoms with Crippen molar-refractivity contribution in [2.24, 2.45) is 7.05 Å². The van der Waals surface area contributed by atoms with Crippen LogP contribution < -0.4 is 11.1 Å². The Labute approximate surface area is 114 Å². The lowest BCUT2D eigenvalue weighted by Gasteiger charge is -2.05. The van der Waals surface area contributed by atoms with Gasteiger partial charge in [-0.2, -0.15) is 26.4 Å². The number of hydrogen-bond acceptors (Lipinski definition) is 6. The smallest absolute Gasteiger partial charge is 0.226 e. The second-order valence-corrected chi connectivity index (χ2v) is 5.03. The summed E-state index contributed by atoms with van der Waals surface area (Å²) in [6, 6.07) is 2.12. The normalized spacial score (nSPS) is 11.0. The van der Waals surface area contributed by atoms with Gasteiger partial charge in [0.1, 0.15) is 5.82 Å². The fourth-order valence-corrected chi connectivity index (χ4v) is 2.58. The van der Waals surface area contributed by atoms with Crippen LogP contribution in [0.4, 0.5) is 11.8 Å². The van der Waals surface area contributed by atoms with E-state index in [1.807, 2.05) is 7.05 Å². The topological polar surface area (TPSA) is 81.7 Å².